The van der Waals surface area contributed by atoms with Gasteiger partial charge in [0.05, 0.1) is 5.56 Å². The molecule has 2 aromatic carbocycles. The molecule has 1 heterocycles. The Morgan fingerprint density at radius 2 is 2.00 bits per heavy atom. The number of aryl methyl sites for hydroxylation is 1. The van der Waals surface area contributed by atoms with Crippen LogP contribution in [0.15, 0.2) is 42.6 Å². The number of fused-ring (bicyclic) bond motifs is 1. The second-order valence-electron chi connectivity index (χ2n) is 4.78. The molecule has 0 saturated heterocycles. The third kappa shape index (κ3) is 1.86. The lowest BCUT2D eigenvalue weighted by Gasteiger charge is -2.05. The first-order valence-corrected chi connectivity index (χ1v) is 6.24. The van der Waals surface area contributed by atoms with Crippen LogP contribution in [-0.2, 0) is 0 Å². The Labute approximate surface area is 115 Å². The summed E-state index contributed by atoms with van der Waals surface area (Å²) in [6, 6.07) is 9.91. The summed E-state index contributed by atoms with van der Waals surface area (Å²) in [4.78, 5) is 15.5. The highest BCUT2D eigenvalue weighted by atomic mass is 19.1. The zero-order valence-electron chi connectivity index (χ0n) is 10.9. The SMILES string of the molecule is Cc1ccc(N)c(C(=O)c2c[nH]c3cccc(F)c23)c1. The molecular formula is C16H13FN2O. The van der Waals surface area contributed by atoms with Crippen molar-refractivity contribution in [1.29, 1.82) is 0 Å². The predicted molar refractivity (Wildman–Crippen MR) is 77.3 cm³/mol. The zero-order chi connectivity index (χ0) is 14.3. The van der Waals surface area contributed by atoms with Crippen LogP contribution in [0.1, 0.15) is 21.5 Å². The largest absolute Gasteiger partial charge is 0.398 e. The van der Waals surface area contributed by atoms with Crippen LogP contribution in [0.4, 0.5) is 10.1 Å². The number of ketones is 1. The molecule has 0 aliphatic rings. The van der Waals surface area contributed by atoms with E-state index in [4.69, 9.17) is 5.73 Å². The summed E-state index contributed by atoms with van der Waals surface area (Å²) in [6.45, 7) is 1.88. The third-order valence-electron chi connectivity index (χ3n) is 3.35. The maximum absolute atomic E-state index is 13.9. The molecule has 0 aliphatic heterocycles. The Hall–Kier alpha value is -2.62. The summed E-state index contributed by atoms with van der Waals surface area (Å²) in [5, 5.41) is 0.304. The van der Waals surface area contributed by atoms with Gasteiger partial charge in [0, 0.05) is 28.4 Å². The smallest absolute Gasteiger partial charge is 0.197 e. The van der Waals surface area contributed by atoms with Crippen molar-refractivity contribution in [2.24, 2.45) is 0 Å². The van der Waals surface area contributed by atoms with Crippen LogP contribution in [0.25, 0.3) is 10.9 Å². The standard InChI is InChI=1S/C16H13FN2O/c1-9-5-6-13(18)10(7-9)16(20)11-8-19-14-4-2-3-12(17)15(11)14/h2-8,19H,18H2,1H3. The van der Waals surface area contributed by atoms with Gasteiger partial charge in [-0.2, -0.15) is 0 Å². The Balaban J connectivity index is 2.21. The molecule has 0 bridgehead atoms. The van der Waals surface area contributed by atoms with Crippen molar-refractivity contribution < 1.29 is 9.18 Å². The second-order valence-corrected chi connectivity index (χ2v) is 4.78. The number of carbonyl (C=O) groups excluding carboxylic acids is 1. The van der Waals surface area contributed by atoms with E-state index in [2.05, 4.69) is 4.98 Å². The molecule has 0 atom stereocenters. The number of rotatable bonds is 2. The summed E-state index contributed by atoms with van der Waals surface area (Å²) in [5.74, 6) is -0.694. The van der Waals surface area contributed by atoms with Crippen LogP contribution < -0.4 is 5.73 Å². The van der Waals surface area contributed by atoms with E-state index in [1.165, 1.54) is 12.3 Å². The molecule has 0 unspecified atom stereocenters. The molecule has 3 nitrogen and oxygen atoms in total. The molecule has 3 N–H and O–H groups in total. The van der Waals surface area contributed by atoms with Crippen molar-refractivity contribution in [2.75, 3.05) is 5.73 Å². The van der Waals surface area contributed by atoms with Crippen LogP contribution >= 0.6 is 0 Å². The van der Waals surface area contributed by atoms with Crippen molar-refractivity contribution in [1.82, 2.24) is 4.98 Å². The van der Waals surface area contributed by atoms with Gasteiger partial charge in [-0.25, -0.2) is 4.39 Å². The zero-order valence-corrected chi connectivity index (χ0v) is 10.9. The Bertz CT molecular complexity index is 820. The van der Waals surface area contributed by atoms with Gasteiger partial charge in [-0.15, -0.1) is 0 Å². The number of aromatic amines is 1. The minimum Gasteiger partial charge on any atom is -0.398 e. The number of nitrogens with one attached hydrogen (secondary N) is 1. The average molecular weight is 268 g/mol. The van der Waals surface area contributed by atoms with E-state index in [0.29, 0.717) is 27.7 Å². The summed E-state index contributed by atoms with van der Waals surface area (Å²) in [7, 11) is 0. The minimum absolute atomic E-state index is 0.275. The number of nitrogens with two attached hydrogens (primary N) is 1. The van der Waals surface area contributed by atoms with E-state index in [0.717, 1.165) is 5.56 Å². The fourth-order valence-electron chi connectivity index (χ4n) is 2.33. The molecule has 0 amide bonds. The highest BCUT2D eigenvalue weighted by Gasteiger charge is 2.18. The molecule has 0 radical (unpaired) electrons. The lowest BCUT2D eigenvalue weighted by Crippen LogP contribution is -2.05. The van der Waals surface area contributed by atoms with Crippen LogP contribution in [0.2, 0.25) is 0 Å². The Kier molecular flexibility index (Phi) is 2.79. The van der Waals surface area contributed by atoms with Gasteiger partial charge in [-0.05, 0) is 31.2 Å². The molecule has 100 valence electrons. The summed E-state index contributed by atoms with van der Waals surface area (Å²) in [6.07, 6.45) is 1.53. The molecule has 0 saturated carbocycles. The number of hydrogen-bond acceptors (Lipinski definition) is 2. The van der Waals surface area contributed by atoms with Crippen LogP contribution in [0, 0.1) is 12.7 Å². The van der Waals surface area contributed by atoms with Crippen molar-refractivity contribution in [3.8, 4) is 0 Å². The van der Waals surface area contributed by atoms with E-state index < -0.39 is 5.82 Å². The quantitative estimate of drug-likeness (QED) is 0.552. The first-order valence-electron chi connectivity index (χ1n) is 6.24. The van der Waals surface area contributed by atoms with E-state index in [-0.39, 0.29) is 5.78 Å². The number of nitrogen functional groups attached to an aromatic ring is 1. The lowest BCUT2D eigenvalue weighted by atomic mass is 9.99. The Morgan fingerprint density at radius 1 is 1.20 bits per heavy atom. The number of anilines is 1. The molecule has 20 heavy (non-hydrogen) atoms. The van der Waals surface area contributed by atoms with Gasteiger partial charge in [0.2, 0.25) is 0 Å². The van der Waals surface area contributed by atoms with E-state index in [1.54, 1.807) is 24.3 Å². The normalized spacial score (nSPS) is 10.9. The van der Waals surface area contributed by atoms with Gasteiger partial charge >= 0.3 is 0 Å². The fourth-order valence-corrected chi connectivity index (χ4v) is 2.33. The lowest BCUT2D eigenvalue weighted by molar-refractivity contribution is 0.104. The van der Waals surface area contributed by atoms with Gasteiger partial charge < -0.3 is 10.7 Å². The third-order valence-corrected chi connectivity index (χ3v) is 3.35. The first kappa shape index (κ1) is 12.4. The van der Waals surface area contributed by atoms with Gasteiger partial charge in [0.25, 0.3) is 0 Å². The maximum atomic E-state index is 13.9. The number of carbonyl (C=O) groups is 1. The molecule has 0 aliphatic carbocycles. The molecule has 3 aromatic rings. The predicted octanol–water partition coefficient (Wildman–Crippen LogP) is 3.43. The van der Waals surface area contributed by atoms with Gasteiger partial charge in [0.15, 0.2) is 5.78 Å². The monoisotopic (exact) mass is 268 g/mol. The summed E-state index contributed by atoms with van der Waals surface area (Å²) < 4.78 is 13.9. The van der Waals surface area contributed by atoms with E-state index in [9.17, 15) is 9.18 Å². The summed E-state index contributed by atoms with van der Waals surface area (Å²) >= 11 is 0. The first-order chi connectivity index (χ1) is 9.58. The van der Waals surface area contributed by atoms with Crippen molar-refractivity contribution >= 4 is 22.4 Å². The van der Waals surface area contributed by atoms with Gasteiger partial charge in [0.1, 0.15) is 5.82 Å². The van der Waals surface area contributed by atoms with Gasteiger partial charge in [-0.1, -0.05) is 17.7 Å². The molecule has 1 aromatic heterocycles. The van der Waals surface area contributed by atoms with Crippen molar-refractivity contribution in [3.05, 3.63) is 65.1 Å². The fraction of sp³-hybridized carbons (Fsp3) is 0.0625. The maximum Gasteiger partial charge on any atom is 0.197 e. The van der Waals surface area contributed by atoms with Crippen LogP contribution in [-0.4, -0.2) is 10.8 Å². The molecular weight excluding hydrogens is 255 g/mol. The van der Waals surface area contributed by atoms with E-state index >= 15 is 0 Å². The van der Waals surface area contributed by atoms with Crippen molar-refractivity contribution in [3.63, 3.8) is 0 Å². The number of halogens is 1. The molecule has 4 heteroatoms. The number of H-pyrrole nitrogens is 1. The number of hydrogen-bond donors (Lipinski definition) is 2. The highest BCUT2D eigenvalue weighted by Crippen LogP contribution is 2.26. The number of aromatic nitrogens is 1. The highest BCUT2D eigenvalue weighted by molar-refractivity contribution is 6.18. The Morgan fingerprint density at radius 3 is 2.80 bits per heavy atom. The van der Waals surface area contributed by atoms with Gasteiger partial charge in [-0.3, -0.25) is 4.79 Å². The van der Waals surface area contributed by atoms with Crippen LogP contribution in [0.3, 0.4) is 0 Å². The summed E-state index contributed by atoms with van der Waals surface area (Å²) in [5.41, 5.74) is 8.48. The molecule has 0 fully saturated rings. The minimum atomic E-state index is -0.418. The van der Waals surface area contributed by atoms with Crippen molar-refractivity contribution in [2.45, 2.75) is 6.92 Å². The molecule has 3 rings (SSSR count). The average Bonchev–Trinajstić information content (AvgIpc) is 2.86. The second kappa shape index (κ2) is 4.49. The molecule has 0 spiro atoms. The number of benzene rings is 2. The van der Waals surface area contributed by atoms with E-state index in [1.807, 2.05) is 13.0 Å². The van der Waals surface area contributed by atoms with Crippen LogP contribution in [0.5, 0.6) is 0 Å². The topological polar surface area (TPSA) is 58.9 Å².